The van der Waals surface area contributed by atoms with Crippen molar-refractivity contribution in [2.45, 2.75) is 25.2 Å². The molecule has 7 heteroatoms. The molecule has 7 nitrogen and oxygen atoms in total. The van der Waals surface area contributed by atoms with Crippen molar-refractivity contribution in [2.24, 2.45) is 4.99 Å². The molecule has 2 aromatic rings. The van der Waals surface area contributed by atoms with E-state index < -0.39 is 0 Å². The molecule has 1 N–H and O–H groups in total. The Hall–Kier alpha value is -2.80. The number of benzene rings is 1. The van der Waals surface area contributed by atoms with E-state index >= 15 is 0 Å². The third-order valence-corrected chi connectivity index (χ3v) is 6.30. The second-order valence-corrected chi connectivity index (χ2v) is 8.19. The van der Waals surface area contributed by atoms with Crippen LogP contribution in [0.4, 0.5) is 0 Å². The molecular formula is C24H32N4O3. The van der Waals surface area contributed by atoms with Gasteiger partial charge in [-0.25, -0.2) is 0 Å². The highest BCUT2D eigenvalue weighted by atomic mass is 16.5. The average Bonchev–Trinajstić information content (AvgIpc) is 3.38. The zero-order chi connectivity index (χ0) is 21.5. The van der Waals surface area contributed by atoms with Crippen LogP contribution in [0, 0.1) is 0 Å². The van der Waals surface area contributed by atoms with Gasteiger partial charge in [0.25, 0.3) is 5.91 Å². The van der Waals surface area contributed by atoms with E-state index in [9.17, 15) is 4.79 Å². The number of ether oxygens (including phenoxy) is 1. The Kier molecular flexibility index (Phi) is 6.92. The number of carbonyl (C=O) groups is 1. The molecular weight excluding hydrogens is 392 g/mol. The molecule has 2 saturated heterocycles. The van der Waals surface area contributed by atoms with Gasteiger partial charge in [0, 0.05) is 51.4 Å². The Morgan fingerprint density at radius 2 is 1.74 bits per heavy atom. The maximum Gasteiger partial charge on any atom is 0.289 e. The number of carbonyl (C=O) groups excluding carboxylic acids is 1. The minimum absolute atomic E-state index is 0.0112. The van der Waals surface area contributed by atoms with Gasteiger partial charge in [-0.3, -0.25) is 9.79 Å². The Morgan fingerprint density at radius 1 is 1.03 bits per heavy atom. The van der Waals surface area contributed by atoms with Gasteiger partial charge in [-0.2, -0.15) is 0 Å². The van der Waals surface area contributed by atoms with Crippen LogP contribution >= 0.6 is 0 Å². The van der Waals surface area contributed by atoms with Crippen LogP contribution in [0.5, 0.6) is 0 Å². The zero-order valence-electron chi connectivity index (χ0n) is 18.3. The molecule has 2 aliphatic rings. The molecule has 3 heterocycles. The number of furan rings is 1. The summed E-state index contributed by atoms with van der Waals surface area (Å²) in [5.41, 5.74) is 1.35. The highest BCUT2D eigenvalue weighted by Crippen LogP contribution is 2.35. The summed E-state index contributed by atoms with van der Waals surface area (Å²) < 4.78 is 10.9. The van der Waals surface area contributed by atoms with E-state index in [1.165, 1.54) is 11.8 Å². The first-order valence-electron chi connectivity index (χ1n) is 11.2. The summed E-state index contributed by atoms with van der Waals surface area (Å²) in [6.07, 6.45) is 3.50. The van der Waals surface area contributed by atoms with Gasteiger partial charge in [-0.05, 0) is 37.5 Å². The molecule has 0 unspecified atom stereocenters. The summed E-state index contributed by atoms with van der Waals surface area (Å²) in [6, 6.07) is 14.2. The van der Waals surface area contributed by atoms with Crippen LogP contribution in [0.1, 0.15) is 35.9 Å². The summed E-state index contributed by atoms with van der Waals surface area (Å²) in [5.74, 6) is 1.28. The normalized spacial score (nSPS) is 19.3. The first kappa shape index (κ1) is 21.4. The van der Waals surface area contributed by atoms with Gasteiger partial charge in [0.05, 0.1) is 12.8 Å². The van der Waals surface area contributed by atoms with Crippen molar-refractivity contribution < 1.29 is 13.9 Å². The summed E-state index contributed by atoms with van der Waals surface area (Å²) in [6.45, 7) is 7.99. The molecule has 0 atom stereocenters. The fourth-order valence-electron chi connectivity index (χ4n) is 4.42. The number of nitrogens with one attached hydrogen (secondary N) is 1. The molecule has 0 aliphatic carbocycles. The van der Waals surface area contributed by atoms with Crippen molar-refractivity contribution in [1.29, 1.82) is 0 Å². The molecule has 2 aliphatic heterocycles. The molecule has 0 spiro atoms. The molecule has 31 heavy (non-hydrogen) atoms. The van der Waals surface area contributed by atoms with Crippen LogP contribution in [0.3, 0.4) is 0 Å². The van der Waals surface area contributed by atoms with E-state index in [1.807, 2.05) is 4.90 Å². The van der Waals surface area contributed by atoms with E-state index in [0.717, 1.165) is 58.2 Å². The number of piperazine rings is 1. The van der Waals surface area contributed by atoms with Gasteiger partial charge in [-0.15, -0.1) is 0 Å². The summed E-state index contributed by atoms with van der Waals surface area (Å²) in [4.78, 5) is 21.7. The van der Waals surface area contributed by atoms with Crippen molar-refractivity contribution >= 4 is 11.9 Å². The maximum absolute atomic E-state index is 12.6. The first-order chi connectivity index (χ1) is 15.2. The number of amides is 1. The molecule has 0 radical (unpaired) electrons. The minimum Gasteiger partial charge on any atom is -0.459 e. The Labute approximate surface area is 184 Å². The first-order valence-corrected chi connectivity index (χ1v) is 11.2. The zero-order valence-corrected chi connectivity index (χ0v) is 18.3. The van der Waals surface area contributed by atoms with Crippen LogP contribution in [0.25, 0.3) is 0 Å². The second-order valence-electron chi connectivity index (χ2n) is 8.19. The topological polar surface area (TPSA) is 70.3 Å². The average molecular weight is 425 g/mol. The lowest BCUT2D eigenvalue weighted by Gasteiger charge is -2.38. The van der Waals surface area contributed by atoms with E-state index in [-0.39, 0.29) is 11.3 Å². The molecule has 4 rings (SSSR count). The quantitative estimate of drug-likeness (QED) is 0.590. The van der Waals surface area contributed by atoms with Crippen LogP contribution in [0.15, 0.2) is 58.1 Å². The number of aliphatic imine (C=N–C) groups is 1. The summed E-state index contributed by atoms with van der Waals surface area (Å²) >= 11 is 0. The lowest BCUT2D eigenvalue weighted by molar-refractivity contribution is 0.0529. The Morgan fingerprint density at radius 3 is 2.39 bits per heavy atom. The van der Waals surface area contributed by atoms with Crippen molar-refractivity contribution in [2.75, 3.05) is 52.5 Å². The van der Waals surface area contributed by atoms with E-state index in [1.54, 1.807) is 12.1 Å². The standard InChI is InChI=1S/C24H32N4O3/c1-2-25-23(28-14-12-27(13-15-28)22(29)21-9-6-16-31-21)26-19-24(10-17-30-18-11-24)20-7-4-3-5-8-20/h3-9,16H,2,10-15,17-19H2,1H3,(H,25,26). The number of guanidine groups is 1. The molecule has 1 aromatic heterocycles. The lowest BCUT2D eigenvalue weighted by Crippen LogP contribution is -2.54. The SMILES string of the molecule is CCNC(=NCC1(c2ccccc2)CCOCC1)N1CCN(C(=O)c2ccco2)CC1. The summed E-state index contributed by atoms with van der Waals surface area (Å²) in [5, 5.41) is 3.45. The molecule has 1 amide bonds. The molecule has 166 valence electrons. The fraction of sp³-hybridized carbons (Fsp3) is 0.500. The lowest BCUT2D eigenvalue weighted by atomic mass is 9.74. The van der Waals surface area contributed by atoms with Crippen LogP contribution in [-0.4, -0.2) is 74.1 Å². The van der Waals surface area contributed by atoms with Crippen LogP contribution in [-0.2, 0) is 10.2 Å². The van der Waals surface area contributed by atoms with Crippen molar-refractivity contribution in [3.05, 3.63) is 60.1 Å². The largest absolute Gasteiger partial charge is 0.459 e. The van der Waals surface area contributed by atoms with E-state index in [0.29, 0.717) is 18.8 Å². The highest BCUT2D eigenvalue weighted by Gasteiger charge is 2.35. The van der Waals surface area contributed by atoms with Gasteiger partial charge < -0.3 is 24.3 Å². The van der Waals surface area contributed by atoms with Gasteiger partial charge in [0.1, 0.15) is 0 Å². The smallest absolute Gasteiger partial charge is 0.289 e. The van der Waals surface area contributed by atoms with Crippen molar-refractivity contribution in [3.63, 3.8) is 0 Å². The van der Waals surface area contributed by atoms with Gasteiger partial charge in [0.2, 0.25) is 0 Å². The predicted octanol–water partition coefficient (Wildman–Crippen LogP) is 2.75. The predicted molar refractivity (Wildman–Crippen MR) is 120 cm³/mol. The van der Waals surface area contributed by atoms with Gasteiger partial charge >= 0.3 is 0 Å². The van der Waals surface area contributed by atoms with Gasteiger partial charge in [-0.1, -0.05) is 30.3 Å². The Bertz CT molecular complexity index is 852. The number of nitrogens with zero attached hydrogens (tertiary/aromatic N) is 3. The summed E-state index contributed by atoms with van der Waals surface area (Å²) in [7, 11) is 0. The Balaban J connectivity index is 1.45. The second kappa shape index (κ2) is 10.0. The maximum atomic E-state index is 12.6. The van der Waals surface area contributed by atoms with Crippen LogP contribution < -0.4 is 5.32 Å². The van der Waals surface area contributed by atoms with Crippen LogP contribution in [0.2, 0.25) is 0 Å². The molecule has 1 aromatic carbocycles. The van der Waals surface area contributed by atoms with E-state index in [4.69, 9.17) is 14.1 Å². The number of hydrogen-bond acceptors (Lipinski definition) is 4. The van der Waals surface area contributed by atoms with Gasteiger partial charge in [0.15, 0.2) is 11.7 Å². The molecule has 0 saturated carbocycles. The third-order valence-electron chi connectivity index (χ3n) is 6.30. The third kappa shape index (κ3) is 4.93. The fourth-order valence-corrected chi connectivity index (χ4v) is 4.42. The number of hydrogen-bond donors (Lipinski definition) is 1. The van der Waals surface area contributed by atoms with Crippen molar-refractivity contribution in [3.8, 4) is 0 Å². The van der Waals surface area contributed by atoms with E-state index in [2.05, 4.69) is 47.5 Å². The minimum atomic E-state index is -0.0446. The highest BCUT2D eigenvalue weighted by molar-refractivity contribution is 5.91. The molecule has 0 bridgehead atoms. The number of rotatable bonds is 5. The molecule has 2 fully saturated rings. The monoisotopic (exact) mass is 424 g/mol. The van der Waals surface area contributed by atoms with Crippen molar-refractivity contribution in [1.82, 2.24) is 15.1 Å².